The van der Waals surface area contributed by atoms with E-state index in [-0.39, 0.29) is 0 Å². The standard InChI is InChI=1S/C9H9NO4/c11-6-8(12)14-9(13)10-7-4-2-1-3-5-7/h1-5,11H,6H2,(H,10,13). The first-order valence-electron chi connectivity index (χ1n) is 3.90. The van der Waals surface area contributed by atoms with Gasteiger partial charge < -0.3 is 9.84 Å². The van der Waals surface area contributed by atoms with Crippen molar-refractivity contribution in [3.8, 4) is 0 Å². The van der Waals surface area contributed by atoms with Crippen molar-refractivity contribution < 1.29 is 19.4 Å². The predicted octanol–water partition coefficient (Wildman–Crippen LogP) is 0.754. The summed E-state index contributed by atoms with van der Waals surface area (Å²) in [6, 6.07) is 8.53. The molecule has 0 unspecified atom stereocenters. The van der Waals surface area contributed by atoms with Gasteiger partial charge in [-0.05, 0) is 12.1 Å². The number of hydrogen-bond donors (Lipinski definition) is 2. The summed E-state index contributed by atoms with van der Waals surface area (Å²) < 4.78 is 4.16. The van der Waals surface area contributed by atoms with Crippen LogP contribution in [-0.2, 0) is 9.53 Å². The lowest BCUT2D eigenvalue weighted by Gasteiger charge is -2.03. The number of carbonyl (C=O) groups excluding carboxylic acids is 2. The zero-order valence-corrected chi connectivity index (χ0v) is 7.27. The Morgan fingerprint density at radius 2 is 1.93 bits per heavy atom. The fraction of sp³-hybridized carbons (Fsp3) is 0.111. The molecule has 1 aromatic rings. The summed E-state index contributed by atoms with van der Waals surface area (Å²) in [7, 11) is 0. The summed E-state index contributed by atoms with van der Waals surface area (Å²) in [4.78, 5) is 21.4. The molecule has 0 saturated carbocycles. The highest BCUT2D eigenvalue weighted by Crippen LogP contribution is 2.04. The molecule has 0 aliphatic rings. The van der Waals surface area contributed by atoms with E-state index in [1.807, 2.05) is 0 Å². The maximum Gasteiger partial charge on any atom is 0.419 e. The Balaban J connectivity index is 2.46. The van der Waals surface area contributed by atoms with Crippen molar-refractivity contribution in [1.82, 2.24) is 0 Å². The summed E-state index contributed by atoms with van der Waals surface area (Å²) in [6.45, 7) is -0.817. The summed E-state index contributed by atoms with van der Waals surface area (Å²) in [6.07, 6.45) is -0.907. The minimum atomic E-state index is -0.988. The third-order valence-electron chi connectivity index (χ3n) is 1.36. The van der Waals surface area contributed by atoms with E-state index in [9.17, 15) is 9.59 Å². The molecule has 0 radical (unpaired) electrons. The normalized spacial score (nSPS) is 9.21. The second-order valence-electron chi connectivity index (χ2n) is 2.41. The van der Waals surface area contributed by atoms with Gasteiger partial charge in [-0.15, -0.1) is 0 Å². The maximum absolute atomic E-state index is 10.9. The fourth-order valence-corrected chi connectivity index (χ4v) is 0.801. The van der Waals surface area contributed by atoms with Crippen LogP contribution < -0.4 is 5.32 Å². The van der Waals surface area contributed by atoms with Gasteiger partial charge in [-0.25, -0.2) is 9.59 Å². The van der Waals surface area contributed by atoms with E-state index in [2.05, 4.69) is 10.1 Å². The average Bonchev–Trinajstić information content (AvgIpc) is 2.19. The Morgan fingerprint density at radius 1 is 1.29 bits per heavy atom. The number of amides is 1. The highest BCUT2D eigenvalue weighted by atomic mass is 16.6. The van der Waals surface area contributed by atoms with E-state index in [1.165, 1.54) is 0 Å². The SMILES string of the molecule is O=C(CO)OC(=O)Nc1ccccc1. The van der Waals surface area contributed by atoms with Crippen molar-refractivity contribution in [1.29, 1.82) is 0 Å². The largest absolute Gasteiger partial charge is 0.419 e. The van der Waals surface area contributed by atoms with E-state index in [4.69, 9.17) is 5.11 Å². The van der Waals surface area contributed by atoms with Crippen LogP contribution in [0.15, 0.2) is 30.3 Å². The number of ether oxygens (including phenoxy) is 1. The molecule has 14 heavy (non-hydrogen) atoms. The molecule has 0 heterocycles. The molecular formula is C9H9NO4. The van der Waals surface area contributed by atoms with Crippen LogP contribution in [0.2, 0.25) is 0 Å². The van der Waals surface area contributed by atoms with Crippen LogP contribution in [0.1, 0.15) is 0 Å². The van der Waals surface area contributed by atoms with Crippen molar-refractivity contribution in [3.05, 3.63) is 30.3 Å². The van der Waals surface area contributed by atoms with Gasteiger partial charge in [-0.2, -0.15) is 0 Å². The second-order valence-corrected chi connectivity index (χ2v) is 2.41. The van der Waals surface area contributed by atoms with E-state index >= 15 is 0 Å². The topological polar surface area (TPSA) is 75.6 Å². The zero-order chi connectivity index (χ0) is 10.4. The van der Waals surface area contributed by atoms with Crippen LogP contribution >= 0.6 is 0 Å². The molecule has 0 fully saturated rings. The third-order valence-corrected chi connectivity index (χ3v) is 1.36. The zero-order valence-electron chi connectivity index (χ0n) is 7.27. The van der Waals surface area contributed by atoms with Gasteiger partial charge in [-0.3, -0.25) is 5.32 Å². The number of rotatable bonds is 2. The summed E-state index contributed by atoms with van der Waals surface area (Å²) >= 11 is 0. The first kappa shape index (κ1) is 10.2. The summed E-state index contributed by atoms with van der Waals surface area (Å²) in [5, 5.41) is 10.6. The molecule has 2 N–H and O–H groups in total. The average molecular weight is 195 g/mol. The van der Waals surface area contributed by atoms with Crippen LogP contribution in [-0.4, -0.2) is 23.8 Å². The van der Waals surface area contributed by atoms with Gasteiger partial charge in [0.05, 0.1) is 0 Å². The molecule has 0 aromatic heterocycles. The molecule has 0 saturated heterocycles. The molecule has 1 amide bonds. The first-order chi connectivity index (χ1) is 6.72. The van der Waals surface area contributed by atoms with E-state index in [0.717, 1.165) is 0 Å². The molecule has 0 aliphatic carbocycles. The van der Waals surface area contributed by atoms with Crippen LogP contribution in [0.4, 0.5) is 10.5 Å². The van der Waals surface area contributed by atoms with E-state index < -0.39 is 18.7 Å². The third kappa shape index (κ3) is 3.24. The van der Waals surface area contributed by atoms with Gasteiger partial charge in [0.15, 0.2) is 0 Å². The van der Waals surface area contributed by atoms with Crippen LogP contribution in [0.25, 0.3) is 0 Å². The number of esters is 1. The number of para-hydroxylation sites is 1. The van der Waals surface area contributed by atoms with Crippen LogP contribution in [0, 0.1) is 0 Å². The molecule has 5 nitrogen and oxygen atoms in total. The number of nitrogens with one attached hydrogen (secondary N) is 1. The van der Waals surface area contributed by atoms with Gasteiger partial charge in [-0.1, -0.05) is 18.2 Å². The van der Waals surface area contributed by atoms with Crippen molar-refractivity contribution in [2.75, 3.05) is 11.9 Å². The number of hydrogen-bond acceptors (Lipinski definition) is 4. The van der Waals surface area contributed by atoms with Crippen LogP contribution in [0.3, 0.4) is 0 Å². The molecular weight excluding hydrogens is 186 g/mol. The lowest BCUT2D eigenvalue weighted by molar-refractivity contribution is -0.139. The van der Waals surface area contributed by atoms with Crippen LogP contribution in [0.5, 0.6) is 0 Å². The summed E-state index contributed by atoms with van der Waals surface area (Å²) in [5.74, 6) is -0.988. The van der Waals surface area contributed by atoms with Gasteiger partial charge in [0.2, 0.25) is 0 Å². The molecule has 1 aromatic carbocycles. The monoisotopic (exact) mass is 195 g/mol. The Bertz CT molecular complexity index is 323. The smallest absolute Gasteiger partial charge is 0.385 e. The lowest BCUT2D eigenvalue weighted by Crippen LogP contribution is -2.20. The summed E-state index contributed by atoms with van der Waals surface area (Å²) in [5.41, 5.74) is 0.517. The van der Waals surface area contributed by atoms with E-state index in [1.54, 1.807) is 30.3 Å². The minimum absolute atomic E-state index is 0.517. The molecule has 0 spiro atoms. The highest BCUT2D eigenvalue weighted by Gasteiger charge is 2.08. The molecule has 0 bridgehead atoms. The lowest BCUT2D eigenvalue weighted by atomic mass is 10.3. The van der Waals surface area contributed by atoms with Crippen molar-refractivity contribution in [3.63, 3.8) is 0 Å². The molecule has 5 heteroatoms. The number of aliphatic hydroxyl groups is 1. The number of carbonyl (C=O) groups is 2. The Hall–Kier alpha value is -1.88. The van der Waals surface area contributed by atoms with Gasteiger partial charge >= 0.3 is 12.1 Å². The van der Waals surface area contributed by atoms with Crippen molar-refractivity contribution >= 4 is 17.7 Å². The second kappa shape index (κ2) is 4.98. The first-order valence-corrected chi connectivity index (χ1v) is 3.90. The number of aliphatic hydroxyl groups excluding tert-OH is 1. The predicted molar refractivity (Wildman–Crippen MR) is 48.6 cm³/mol. The quantitative estimate of drug-likeness (QED) is 0.539. The Labute approximate surface area is 80.3 Å². The Kier molecular flexibility index (Phi) is 3.63. The van der Waals surface area contributed by atoms with E-state index in [0.29, 0.717) is 5.69 Å². The van der Waals surface area contributed by atoms with Gasteiger partial charge in [0, 0.05) is 5.69 Å². The highest BCUT2D eigenvalue weighted by molar-refractivity contribution is 5.93. The van der Waals surface area contributed by atoms with Gasteiger partial charge in [0.1, 0.15) is 6.61 Å². The number of anilines is 1. The Morgan fingerprint density at radius 3 is 2.50 bits per heavy atom. The van der Waals surface area contributed by atoms with Gasteiger partial charge in [0.25, 0.3) is 0 Å². The molecule has 0 aliphatic heterocycles. The minimum Gasteiger partial charge on any atom is -0.385 e. The molecule has 0 atom stereocenters. The van der Waals surface area contributed by atoms with Crippen molar-refractivity contribution in [2.45, 2.75) is 0 Å². The molecule has 1 rings (SSSR count). The van der Waals surface area contributed by atoms with Crippen molar-refractivity contribution in [2.24, 2.45) is 0 Å². The maximum atomic E-state index is 10.9. The fourth-order valence-electron chi connectivity index (χ4n) is 0.801. The number of benzene rings is 1. The molecule has 74 valence electrons.